The van der Waals surface area contributed by atoms with Crippen LogP contribution in [-0.4, -0.2) is 49.0 Å². The third-order valence-electron chi connectivity index (χ3n) is 8.50. The van der Waals surface area contributed by atoms with E-state index in [1.165, 1.54) is 0 Å². The Labute approximate surface area is 292 Å². The van der Waals surface area contributed by atoms with Crippen molar-refractivity contribution in [1.29, 1.82) is 0 Å². The predicted molar refractivity (Wildman–Crippen MR) is 198 cm³/mol. The minimum Gasteiger partial charge on any atom is -0.493 e. The number of carboxylic acid groups (broad SMARTS) is 1. The lowest BCUT2D eigenvalue weighted by Gasteiger charge is -2.18. The summed E-state index contributed by atoms with van der Waals surface area (Å²) >= 11 is 10.3. The van der Waals surface area contributed by atoms with Crippen molar-refractivity contribution < 1.29 is 14.6 Å². The van der Waals surface area contributed by atoms with Crippen LogP contribution < -0.4 is 4.74 Å². The Bertz CT molecular complexity index is 2160. The number of thioether (sulfide) groups is 2. The Morgan fingerprint density at radius 1 is 1.04 bits per heavy atom. The molecule has 0 amide bonds. The highest BCUT2D eigenvalue weighted by Crippen LogP contribution is 2.37. The zero-order valence-electron chi connectivity index (χ0n) is 26.6. The summed E-state index contributed by atoms with van der Waals surface area (Å²) in [5, 5.41) is 25.2. The molecule has 8 bridgehead atoms. The van der Waals surface area contributed by atoms with Crippen molar-refractivity contribution in [3.8, 4) is 5.75 Å². The van der Waals surface area contributed by atoms with Gasteiger partial charge in [-0.2, -0.15) is 10.2 Å². The molecule has 48 heavy (non-hydrogen) atoms. The molecule has 1 N–H and O–H groups in total. The monoisotopic (exact) mass is 695 g/mol. The number of carboxylic acids is 1. The minimum atomic E-state index is -0.975. The number of rotatable bonds is 1. The van der Waals surface area contributed by atoms with E-state index in [4.69, 9.17) is 26.5 Å². The Hall–Kier alpha value is -4.38. The number of nitrogens with zero attached hydrogens (tertiary/aromatic N) is 5. The Kier molecular flexibility index (Phi) is 9.39. The molecule has 7 rings (SSSR count). The van der Waals surface area contributed by atoms with E-state index in [2.05, 4.69) is 30.3 Å². The van der Waals surface area contributed by atoms with Crippen LogP contribution in [0.15, 0.2) is 94.7 Å². The van der Waals surface area contributed by atoms with E-state index in [0.29, 0.717) is 30.2 Å². The number of benzene rings is 3. The van der Waals surface area contributed by atoms with Crippen molar-refractivity contribution in [3.63, 3.8) is 0 Å². The predicted octanol–water partition coefficient (Wildman–Crippen LogP) is 8.68. The molecule has 0 saturated carbocycles. The molecular formula is C37H34ClN5O3S2. The molecule has 0 atom stereocenters. The van der Waals surface area contributed by atoms with Gasteiger partial charge in [-0.1, -0.05) is 48.0 Å². The number of hydrogen-bond donors (Lipinski definition) is 1. The van der Waals surface area contributed by atoms with E-state index in [0.717, 1.165) is 72.0 Å². The molecule has 8 nitrogen and oxygen atoms in total. The fourth-order valence-electron chi connectivity index (χ4n) is 6.26. The first-order valence-corrected chi connectivity index (χ1v) is 18.2. The van der Waals surface area contributed by atoms with Gasteiger partial charge < -0.3 is 14.4 Å². The first-order valence-electron chi connectivity index (χ1n) is 15.7. The van der Waals surface area contributed by atoms with Gasteiger partial charge in [0.05, 0.1) is 28.5 Å². The summed E-state index contributed by atoms with van der Waals surface area (Å²) in [5.41, 5.74) is 5.54. The topological polar surface area (TPSA) is 84.9 Å². The summed E-state index contributed by atoms with van der Waals surface area (Å²) in [7, 11) is 3.79. The summed E-state index contributed by atoms with van der Waals surface area (Å²) in [4.78, 5) is 13.8. The molecule has 0 radical (unpaired) electrons. The smallest absolute Gasteiger partial charge is 0.352 e. The van der Waals surface area contributed by atoms with E-state index in [9.17, 15) is 9.90 Å². The van der Waals surface area contributed by atoms with Gasteiger partial charge in [-0.05, 0) is 66.3 Å². The Morgan fingerprint density at radius 2 is 1.92 bits per heavy atom. The van der Waals surface area contributed by atoms with Crippen LogP contribution in [0.1, 0.15) is 39.4 Å². The van der Waals surface area contributed by atoms with Gasteiger partial charge >= 0.3 is 5.97 Å². The van der Waals surface area contributed by atoms with Crippen molar-refractivity contribution in [2.75, 3.05) is 12.4 Å². The van der Waals surface area contributed by atoms with Crippen LogP contribution in [0.3, 0.4) is 0 Å². The molecule has 2 aromatic heterocycles. The molecule has 3 aromatic carbocycles. The second-order valence-electron chi connectivity index (χ2n) is 11.6. The molecule has 0 saturated heterocycles. The first kappa shape index (κ1) is 32.2. The maximum absolute atomic E-state index is 12.7. The second-order valence-corrected chi connectivity index (χ2v) is 14.1. The number of halogens is 1. The molecule has 244 valence electrons. The Morgan fingerprint density at radius 3 is 2.79 bits per heavy atom. The quantitative estimate of drug-likeness (QED) is 0.188. The number of carbonyl (C=O) groups is 1. The number of aryl methyl sites for hydroxylation is 3. The van der Waals surface area contributed by atoms with Crippen molar-refractivity contribution in [2.24, 2.45) is 19.2 Å². The van der Waals surface area contributed by atoms with Crippen LogP contribution in [0.2, 0.25) is 5.02 Å². The molecule has 4 heterocycles. The lowest BCUT2D eigenvalue weighted by molar-refractivity contribution is 0.0685. The van der Waals surface area contributed by atoms with Crippen LogP contribution in [-0.2, 0) is 32.0 Å². The average molecular weight is 696 g/mol. The maximum atomic E-state index is 12.7. The van der Waals surface area contributed by atoms with Gasteiger partial charge in [-0.3, -0.25) is 4.68 Å². The highest BCUT2D eigenvalue weighted by atomic mass is 35.5. The van der Waals surface area contributed by atoms with E-state index >= 15 is 0 Å². The van der Waals surface area contributed by atoms with Crippen LogP contribution in [0.5, 0.6) is 5.75 Å². The van der Waals surface area contributed by atoms with Crippen molar-refractivity contribution in [1.82, 2.24) is 19.4 Å². The normalized spacial score (nSPS) is 17.5. The number of hydrazone groups is 1. The summed E-state index contributed by atoms with van der Waals surface area (Å²) < 4.78 is 10.1. The largest absolute Gasteiger partial charge is 0.493 e. The highest BCUT2D eigenvalue weighted by molar-refractivity contribution is 7.99. The van der Waals surface area contributed by atoms with Crippen LogP contribution in [0.4, 0.5) is 0 Å². The van der Waals surface area contributed by atoms with Gasteiger partial charge in [-0.25, -0.2) is 9.80 Å². The summed E-state index contributed by atoms with van der Waals surface area (Å²) in [6, 6.07) is 18.5. The summed E-state index contributed by atoms with van der Waals surface area (Å²) in [6.45, 7) is 0.435. The fourth-order valence-corrected chi connectivity index (χ4v) is 8.10. The third-order valence-corrected chi connectivity index (χ3v) is 10.7. The molecule has 11 heteroatoms. The lowest BCUT2D eigenvalue weighted by atomic mass is 10.0. The fraction of sp³-hybridized carbons (Fsp3) is 0.216. The molecule has 0 fully saturated rings. The average Bonchev–Trinajstić information content (AvgIpc) is 3.58. The van der Waals surface area contributed by atoms with Crippen LogP contribution >= 0.6 is 35.1 Å². The molecule has 0 aliphatic carbocycles. The molecular weight excluding hydrogens is 662 g/mol. The SMILES string of the molecule is Cn1nc2cc1CSc1cc(c3ccccc3c1)OCCCc1c(C(=O)O)n(C)c3c(c(Cl)ccc13)/C=C1\C=CC=CN1/N=C/CSC2. The first-order chi connectivity index (χ1) is 23.4. The number of fused-ring (bicyclic) bond motifs is 7. The van der Waals surface area contributed by atoms with Crippen molar-refractivity contribution >= 4 is 75.1 Å². The van der Waals surface area contributed by atoms with Crippen molar-refractivity contribution in [3.05, 3.63) is 118 Å². The molecule has 2 aliphatic heterocycles. The maximum Gasteiger partial charge on any atom is 0.352 e. The van der Waals surface area contributed by atoms with Gasteiger partial charge in [0.25, 0.3) is 0 Å². The highest BCUT2D eigenvalue weighted by Gasteiger charge is 2.23. The van der Waals surface area contributed by atoms with Crippen LogP contribution in [0.25, 0.3) is 27.8 Å². The Balaban J connectivity index is 1.28. The number of allylic oxidation sites excluding steroid dienone is 3. The van der Waals surface area contributed by atoms with Crippen LogP contribution in [0, 0.1) is 0 Å². The molecule has 5 aromatic rings. The minimum absolute atomic E-state index is 0.255. The van der Waals surface area contributed by atoms with Gasteiger partial charge in [0.2, 0.25) is 0 Å². The zero-order valence-corrected chi connectivity index (χ0v) is 29.0. The molecule has 0 unspecified atom stereocenters. The lowest BCUT2D eigenvalue weighted by Crippen LogP contribution is -2.11. The number of aromatic carboxylic acids is 1. The van der Waals surface area contributed by atoms with Gasteiger partial charge in [0.1, 0.15) is 11.4 Å². The van der Waals surface area contributed by atoms with E-state index in [-0.39, 0.29) is 5.69 Å². The number of ether oxygens (including phenoxy) is 1. The summed E-state index contributed by atoms with van der Waals surface area (Å²) in [6.07, 6.45) is 12.8. The van der Waals surface area contributed by atoms with E-state index in [1.54, 1.807) is 35.1 Å². The number of hydrogen-bond acceptors (Lipinski definition) is 7. The number of aromatic nitrogens is 3. The van der Waals surface area contributed by atoms with Gasteiger partial charge in [0, 0.05) is 70.7 Å². The van der Waals surface area contributed by atoms with Gasteiger partial charge in [-0.15, -0.1) is 23.5 Å². The van der Waals surface area contributed by atoms with Crippen molar-refractivity contribution in [2.45, 2.75) is 29.2 Å². The second kappa shape index (κ2) is 14.0. The standard InChI is InChI=1S/C37H34ClN5O3S2/c1-41-35-31-12-13-33(38)32(35)20-26-9-5-6-15-43(26)39-14-17-47-22-25-19-27(42(2)40-25)23-48-28-18-24-8-3-4-10-29(24)34(21-28)46-16-7-11-30(31)36(41)37(44)45/h3-6,8-10,12-15,18-21H,7,11,16-17,22-23H2,1-2H3,(H,44,45)/b26-20+,39-14+. The molecule has 0 spiro atoms. The van der Waals surface area contributed by atoms with E-state index < -0.39 is 5.97 Å². The van der Waals surface area contributed by atoms with E-state index in [1.807, 2.05) is 77.7 Å². The molecule has 2 aliphatic rings. The zero-order chi connectivity index (χ0) is 33.2. The summed E-state index contributed by atoms with van der Waals surface area (Å²) in [5.74, 6) is 2.11. The van der Waals surface area contributed by atoms with Gasteiger partial charge in [0.15, 0.2) is 0 Å². The third kappa shape index (κ3) is 6.52.